The molecule has 0 amide bonds. The van der Waals surface area contributed by atoms with Crippen LogP contribution >= 0.6 is 11.6 Å². The number of esters is 1. The Morgan fingerprint density at radius 3 is 2.77 bits per heavy atom. The fraction of sp³-hybridized carbons (Fsp3) is 0.133. The highest BCUT2D eigenvalue weighted by atomic mass is 35.5. The van der Waals surface area contributed by atoms with E-state index in [0.29, 0.717) is 27.3 Å². The van der Waals surface area contributed by atoms with E-state index in [0.717, 1.165) is 0 Å². The molecule has 7 heteroatoms. The van der Waals surface area contributed by atoms with Gasteiger partial charge in [0.15, 0.2) is 5.65 Å². The van der Waals surface area contributed by atoms with Gasteiger partial charge in [-0.15, -0.1) is 0 Å². The minimum absolute atomic E-state index is 0.231. The minimum Gasteiger partial charge on any atom is -0.464 e. The summed E-state index contributed by atoms with van der Waals surface area (Å²) in [5.41, 5.74) is 1.32. The first kappa shape index (κ1) is 14.3. The number of fused-ring (bicyclic) bond motifs is 1. The number of nitrogens with zero attached hydrogens (tertiary/aromatic N) is 2. The average molecular weight is 318 g/mol. The van der Waals surface area contributed by atoms with Gasteiger partial charge < -0.3 is 9.72 Å². The number of ether oxygens (including phenoxy) is 1. The highest BCUT2D eigenvalue weighted by Crippen LogP contribution is 2.29. The van der Waals surface area contributed by atoms with Crippen molar-refractivity contribution in [2.75, 3.05) is 7.11 Å². The zero-order valence-corrected chi connectivity index (χ0v) is 12.6. The molecule has 0 atom stereocenters. The lowest BCUT2D eigenvalue weighted by Crippen LogP contribution is -2.11. The number of benzene rings is 1. The summed E-state index contributed by atoms with van der Waals surface area (Å²) < 4.78 is 6.40. The highest BCUT2D eigenvalue weighted by Gasteiger charge is 2.25. The fourth-order valence-corrected chi connectivity index (χ4v) is 2.72. The van der Waals surface area contributed by atoms with Gasteiger partial charge in [-0.3, -0.25) is 9.36 Å². The second kappa shape index (κ2) is 5.31. The number of hydrogen-bond donors (Lipinski definition) is 1. The predicted octanol–water partition coefficient (Wildman–Crippen LogP) is 2.46. The van der Waals surface area contributed by atoms with Gasteiger partial charge in [-0.1, -0.05) is 23.7 Å². The third-order valence-corrected chi connectivity index (χ3v) is 3.79. The largest absolute Gasteiger partial charge is 0.464 e. The summed E-state index contributed by atoms with van der Waals surface area (Å²) in [6, 6.07) is 7.02. The molecule has 0 aliphatic heterocycles. The lowest BCUT2D eigenvalue weighted by Gasteiger charge is -2.10. The molecular weight excluding hydrogens is 306 g/mol. The summed E-state index contributed by atoms with van der Waals surface area (Å²) in [5.74, 6) is -0.560. The van der Waals surface area contributed by atoms with Crippen LogP contribution in [0, 0.1) is 6.92 Å². The second-order valence-corrected chi connectivity index (χ2v) is 5.09. The van der Waals surface area contributed by atoms with E-state index in [4.69, 9.17) is 16.3 Å². The summed E-state index contributed by atoms with van der Waals surface area (Å²) in [4.78, 5) is 31.0. The quantitative estimate of drug-likeness (QED) is 0.737. The van der Waals surface area contributed by atoms with Crippen LogP contribution in [0.4, 0.5) is 0 Å². The zero-order valence-electron chi connectivity index (χ0n) is 11.9. The normalized spacial score (nSPS) is 10.9. The van der Waals surface area contributed by atoms with Gasteiger partial charge in [0.2, 0.25) is 0 Å². The Labute approximate surface area is 130 Å². The van der Waals surface area contributed by atoms with E-state index in [-0.39, 0.29) is 11.3 Å². The van der Waals surface area contributed by atoms with Gasteiger partial charge in [-0.2, -0.15) is 0 Å². The number of H-pyrrole nitrogens is 1. The number of aromatic nitrogens is 3. The number of rotatable bonds is 2. The molecule has 0 radical (unpaired) electrons. The molecule has 2 heterocycles. The van der Waals surface area contributed by atoms with Crippen LogP contribution in [0.25, 0.3) is 16.7 Å². The van der Waals surface area contributed by atoms with Gasteiger partial charge >= 0.3 is 5.97 Å². The maximum absolute atomic E-state index is 12.2. The molecule has 0 saturated heterocycles. The molecule has 0 aliphatic carbocycles. The van der Waals surface area contributed by atoms with Crippen LogP contribution in [-0.4, -0.2) is 27.6 Å². The SMILES string of the molecule is COC(=O)c1c(C)c2c(=O)[nH]cnc2n1-c1ccccc1Cl. The first-order chi connectivity index (χ1) is 10.6. The van der Waals surface area contributed by atoms with E-state index < -0.39 is 5.97 Å². The van der Waals surface area contributed by atoms with E-state index in [1.807, 2.05) is 0 Å². The lowest BCUT2D eigenvalue weighted by molar-refractivity contribution is 0.0591. The van der Waals surface area contributed by atoms with E-state index in [2.05, 4.69) is 9.97 Å². The van der Waals surface area contributed by atoms with Crippen molar-refractivity contribution in [3.05, 3.63) is 57.2 Å². The summed E-state index contributed by atoms with van der Waals surface area (Å²) >= 11 is 6.24. The Morgan fingerprint density at radius 2 is 2.09 bits per heavy atom. The predicted molar refractivity (Wildman–Crippen MR) is 82.8 cm³/mol. The van der Waals surface area contributed by atoms with Crippen molar-refractivity contribution in [2.24, 2.45) is 0 Å². The van der Waals surface area contributed by atoms with Crippen LogP contribution in [0.3, 0.4) is 0 Å². The third kappa shape index (κ3) is 2.00. The van der Waals surface area contributed by atoms with E-state index in [1.54, 1.807) is 35.8 Å². The Morgan fingerprint density at radius 1 is 1.36 bits per heavy atom. The maximum Gasteiger partial charge on any atom is 0.355 e. The van der Waals surface area contributed by atoms with Gasteiger partial charge in [0.1, 0.15) is 5.69 Å². The van der Waals surface area contributed by atoms with Gasteiger partial charge in [-0.05, 0) is 24.6 Å². The highest BCUT2D eigenvalue weighted by molar-refractivity contribution is 6.32. The first-order valence-corrected chi connectivity index (χ1v) is 6.86. The Balaban J connectivity index is 2.52. The Hall–Kier alpha value is -2.60. The molecule has 0 fully saturated rings. The molecule has 22 heavy (non-hydrogen) atoms. The number of methoxy groups -OCH3 is 1. The van der Waals surface area contributed by atoms with Gasteiger partial charge in [0, 0.05) is 0 Å². The molecule has 112 valence electrons. The molecule has 0 unspecified atom stereocenters. The molecule has 0 spiro atoms. The molecular formula is C15H12ClN3O3. The van der Waals surface area contributed by atoms with E-state index >= 15 is 0 Å². The monoisotopic (exact) mass is 317 g/mol. The standard InChI is InChI=1S/C15H12ClN3O3/c1-8-11-13(17-7-18-14(11)20)19(12(8)15(21)22-2)10-6-4-3-5-9(10)16/h3-7H,1-2H3,(H,17,18,20). The molecule has 0 saturated carbocycles. The molecule has 3 rings (SSSR count). The fourth-order valence-electron chi connectivity index (χ4n) is 2.50. The third-order valence-electron chi connectivity index (χ3n) is 3.47. The molecule has 3 aromatic rings. The van der Waals surface area contributed by atoms with Crippen LogP contribution in [0.15, 0.2) is 35.4 Å². The average Bonchev–Trinajstić information content (AvgIpc) is 2.81. The number of nitrogens with one attached hydrogen (secondary N) is 1. The smallest absolute Gasteiger partial charge is 0.355 e. The number of para-hydroxylation sites is 1. The van der Waals surface area contributed by atoms with E-state index in [1.165, 1.54) is 13.4 Å². The topological polar surface area (TPSA) is 77.0 Å². The van der Waals surface area contributed by atoms with Gasteiger partial charge in [0.25, 0.3) is 5.56 Å². The summed E-state index contributed by atoms with van der Waals surface area (Å²) in [6.45, 7) is 1.68. The van der Waals surface area contributed by atoms with Gasteiger partial charge in [-0.25, -0.2) is 9.78 Å². The summed E-state index contributed by atoms with van der Waals surface area (Å²) in [6.07, 6.45) is 1.29. The van der Waals surface area contributed by atoms with Crippen LogP contribution in [0.5, 0.6) is 0 Å². The Bertz CT molecular complexity index is 943. The second-order valence-electron chi connectivity index (χ2n) is 4.68. The van der Waals surface area contributed by atoms with Crippen molar-refractivity contribution in [1.29, 1.82) is 0 Å². The number of halogens is 1. The molecule has 6 nitrogen and oxygen atoms in total. The molecule has 0 aliphatic rings. The first-order valence-electron chi connectivity index (χ1n) is 6.48. The Kier molecular flexibility index (Phi) is 3.46. The van der Waals surface area contributed by atoms with Crippen molar-refractivity contribution < 1.29 is 9.53 Å². The number of aromatic amines is 1. The summed E-state index contributed by atoms with van der Waals surface area (Å²) in [7, 11) is 1.29. The summed E-state index contributed by atoms with van der Waals surface area (Å²) in [5, 5.41) is 0.773. The zero-order chi connectivity index (χ0) is 15.9. The van der Waals surface area contributed by atoms with Crippen LogP contribution < -0.4 is 5.56 Å². The van der Waals surface area contributed by atoms with E-state index in [9.17, 15) is 9.59 Å². The minimum atomic E-state index is -0.560. The lowest BCUT2D eigenvalue weighted by atomic mass is 10.2. The number of carbonyl (C=O) groups is 1. The molecule has 1 N–H and O–H groups in total. The van der Waals surface area contributed by atoms with Gasteiger partial charge in [0.05, 0.1) is 29.5 Å². The van der Waals surface area contributed by atoms with Crippen molar-refractivity contribution in [3.8, 4) is 5.69 Å². The molecule has 1 aromatic carbocycles. The van der Waals surface area contributed by atoms with Crippen LogP contribution in [0.1, 0.15) is 16.1 Å². The number of aryl methyl sites for hydroxylation is 1. The number of hydrogen-bond acceptors (Lipinski definition) is 4. The molecule has 0 bridgehead atoms. The van der Waals surface area contributed by atoms with Crippen LogP contribution in [-0.2, 0) is 4.74 Å². The van der Waals surface area contributed by atoms with Crippen molar-refractivity contribution in [1.82, 2.24) is 14.5 Å². The maximum atomic E-state index is 12.2. The van der Waals surface area contributed by atoms with Crippen molar-refractivity contribution in [3.63, 3.8) is 0 Å². The van der Waals surface area contributed by atoms with Crippen LogP contribution in [0.2, 0.25) is 5.02 Å². The molecule has 2 aromatic heterocycles. The number of carbonyl (C=O) groups excluding carboxylic acids is 1. The van der Waals surface area contributed by atoms with Crippen molar-refractivity contribution in [2.45, 2.75) is 6.92 Å². The van der Waals surface area contributed by atoms with Crippen molar-refractivity contribution >= 4 is 28.6 Å².